The van der Waals surface area contributed by atoms with Crippen molar-refractivity contribution in [3.63, 3.8) is 0 Å². The van der Waals surface area contributed by atoms with E-state index in [2.05, 4.69) is 17.3 Å². The molecule has 1 aliphatic carbocycles. The van der Waals surface area contributed by atoms with Crippen LogP contribution in [0.1, 0.15) is 68.1 Å². The van der Waals surface area contributed by atoms with Gasteiger partial charge in [0.05, 0.1) is 11.4 Å². The molecule has 10 heteroatoms. The van der Waals surface area contributed by atoms with E-state index in [1.165, 1.54) is 49.8 Å². The first kappa shape index (κ1) is 25.4. The van der Waals surface area contributed by atoms with Gasteiger partial charge < -0.3 is 4.84 Å². The number of hydrogen-bond donors (Lipinski definition) is 1. The van der Waals surface area contributed by atoms with Gasteiger partial charge in [0.1, 0.15) is 6.61 Å². The van der Waals surface area contributed by atoms with Crippen LogP contribution >= 0.6 is 11.6 Å². The predicted octanol–water partition coefficient (Wildman–Crippen LogP) is 6.98. The highest BCUT2D eigenvalue weighted by atomic mass is 35.5. The zero-order chi connectivity index (χ0) is 24.1. The number of nitrogens with one attached hydrogen (secondary N) is 1. The second kappa shape index (κ2) is 10.8. The van der Waals surface area contributed by atoms with Crippen LogP contribution in [0.2, 0.25) is 5.02 Å². The highest BCUT2D eigenvalue weighted by molar-refractivity contribution is 7.93. The summed E-state index contributed by atoms with van der Waals surface area (Å²) in [5.41, 5.74) is -3.14. The summed E-state index contributed by atoms with van der Waals surface area (Å²) in [5, 5.41) is 4.28. The Morgan fingerprint density at radius 3 is 2.39 bits per heavy atom. The zero-order valence-corrected chi connectivity index (χ0v) is 19.7. The van der Waals surface area contributed by atoms with Gasteiger partial charge in [0, 0.05) is 10.6 Å². The van der Waals surface area contributed by atoms with Crippen molar-refractivity contribution in [2.24, 2.45) is 5.16 Å². The average molecular weight is 503 g/mol. The van der Waals surface area contributed by atoms with Crippen LogP contribution in [0.3, 0.4) is 0 Å². The Morgan fingerprint density at radius 2 is 1.79 bits per heavy atom. The van der Waals surface area contributed by atoms with Gasteiger partial charge >= 0.3 is 15.5 Å². The summed E-state index contributed by atoms with van der Waals surface area (Å²) in [7, 11) is -5.59. The van der Waals surface area contributed by atoms with Crippen LogP contribution in [0.4, 0.5) is 18.9 Å². The Bertz CT molecular complexity index is 1080. The Balaban J connectivity index is 1.73. The summed E-state index contributed by atoms with van der Waals surface area (Å²) in [6.07, 6.45) is 6.51. The molecule has 5 nitrogen and oxygen atoms in total. The highest BCUT2D eigenvalue weighted by Crippen LogP contribution is 2.33. The van der Waals surface area contributed by atoms with Gasteiger partial charge in [0.15, 0.2) is 0 Å². The van der Waals surface area contributed by atoms with E-state index in [-0.39, 0.29) is 35.0 Å². The Kier molecular flexibility index (Phi) is 8.28. The lowest BCUT2D eigenvalue weighted by atomic mass is 9.84. The summed E-state index contributed by atoms with van der Waals surface area (Å²) < 4.78 is 63.2. The van der Waals surface area contributed by atoms with Gasteiger partial charge in [-0.3, -0.25) is 4.72 Å². The smallest absolute Gasteiger partial charge is 0.391 e. The van der Waals surface area contributed by atoms with Crippen molar-refractivity contribution in [2.45, 2.75) is 63.5 Å². The van der Waals surface area contributed by atoms with E-state index in [1.807, 2.05) is 12.1 Å². The highest BCUT2D eigenvalue weighted by Gasteiger charge is 2.46. The maximum atomic E-state index is 12.8. The molecular weight excluding hydrogens is 477 g/mol. The number of hydrogen-bond acceptors (Lipinski definition) is 4. The second-order valence-corrected chi connectivity index (χ2v) is 10.1. The van der Waals surface area contributed by atoms with E-state index in [0.29, 0.717) is 5.92 Å². The summed E-state index contributed by atoms with van der Waals surface area (Å²) in [4.78, 5) is 5.45. The Labute approximate surface area is 197 Å². The molecule has 33 heavy (non-hydrogen) atoms. The number of anilines is 1. The van der Waals surface area contributed by atoms with Crippen LogP contribution in [0, 0.1) is 0 Å². The maximum absolute atomic E-state index is 12.8. The normalized spacial score (nSPS) is 16.0. The molecule has 0 radical (unpaired) electrons. The maximum Gasteiger partial charge on any atom is 0.516 e. The molecule has 1 N–H and O–H groups in total. The van der Waals surface area contributed by atoms with Crippen molar-refractivity contribution in [1.29, 1.82) is 0 Å². The van der Waals surface area contributed by atoms with Crippen LogP contribution < -0.4 is 4.72 Å². The number of nitrogens with zero attached hydrogens (tertiary/aromatic N) is 1. The minimum absolute atomic E-state index is 0.116. The number of alkyl halides is 3. The number of rotatable bonds is 8. The van der Waals surface area contributed by atoms with Crippen molar-refractivity contribution in [2.75, 3.05) is 4.72 Å². The lowest BCUT2D eigenvalue weighted by Gasteiger charge is -2.22. The van der Waals surface area contributed by atoms with Crippen molar-refractivity contribution < 1.29 is 26.4 Å². The third kappa shape index (κ3) is 6.63. The first-order valence-electron chi connectivity index (χ1n) is 10.8. The van der Waals surface area contributed by atoms with E-state index >= 15 is 0 Å². The zero-order valence-electron chi connectivity index (χ0n) is 18.2. The average Bonchev–Trinajstić information content (AvgIpc) is 2.78. The van der Waals surface area contributed by atoms with E-state index in [4.69, 9.17) is 16.4 Å². The number of oxime groups is 1. The van der Waals surface area contributed by atoms with Gasteiger partial charge in [-0.1, -0.05) is 67.2 Å². The molecule has 0 bridgehead atoms. The van der Waals surface area contributed by atoms with E-state index in [1.54, 1.807) is 11.6 Å². The number of sulfonamides is 1. The quantitative estimate of drug-likeness (QED) is 0.313. The minimum atomic E-state index is -5.59. The molecule has 0 aliphatic heterocycles. The van der Waals surface area contributed by atoms with Crippen LogP contribution in [-0.4, -0.2) is 19.6 Å². The molecule has 1 aliphatic rings. The number of benzene rings is 2. The summed E-state index contributed by atoms with van der Waals surface area (Å²) >= 11 is 5.99. The van der Waals surface area contributed by atoms with E-state index in [0.717, 1.165) is 11.6 Å². The summed E-state index contributed by atoms with van der Waals surface area (Å²) in [6.45, 7) is 1.89. The topological polar surface area (TPSA) is 67.8 Å². The SMILES string of the molecule is CCC(=NOCc1ccc(C2CCCCC2)cc1)c1cc(Cl)ccc1NS(=O)(=O)C(F)(F)F. The molecule has 0 amide bonds. The molecular formula is C23H26ClF3N2O3S. The van der Waals surface area contributed by atoms with Gasteiger partial charge in [-0.15, -0.1) is 0 Å². The van der Waals surface area contributed by atoms with Crippen LogP contribution in [-0.2, 0) is 21.5 Å². The van der Waals surface area contributed by atoms with Gasteiger partial charge in [-0.05, 0) is 54.5 Å². The minimum Gasteiger partial charge on any atom is -0.391 e. The molecule has 1 fully saturated rings. The first-order valence-corrected chi connectivity index (χ1v) is 12.6. The van der Waals surface area contributed by atoms with Gasteiger partial charge in [0.2, 0.25) is 0 Å². The van der Waals surface area contributed by atoms with Crippen LogP contribution in [0.15, 0.2) is 47.6 Å². The number of halogens is 4. The third-order valence-electron chi connectivity index (χ3n) is 5.64. The molecule has 0 unspecified atom stereocenters. The molecule has 2 aromatic carbocycles. The lowest BCUT2D eigenvalue weighted by molar-refractivity contribution is -0.0429. The largest absolute Gasteiger partial charge is 0.516 e. The molecule has 180 valence electrons. The molecule has 2 aromatic rings. The monoisotopic (exact) mass is 502 g/mol. The second-order valence-electron chi connectivity index (χ2n) is 7.98. The fourth-order valence-corrected chi connectivity index (χ4v) is 4.61. The van der Waals surface area contributed by atoms with Crippen molar-refractivity contribution in [1.82, 2.24) is 0 Å². The first-order chi connectivity index (χ1) is 15.6. The van der Waals surface area contributed by atoms with Crippen LogP contribution in [0.25, 0.3) is 0 Å². The fraction of sp³-hybridized carbons (Fsp3) is 0.435. The van der Waals surface area contributed by atoms with Crippen molar-refractivity contribution >= 4 is 33.0 Å². The summed E-state index contributed by atoms with van der Waals surface area (Å²) in [5.74, 6) is 0.597. The van der Waals surface area contributed by atoms with Crippen molar-refractivity contribution in [3.05, 3.63) is 64.2 Å². The van der Waals surface area contributed by atoms with Gasteiger partial charge in [-0.2, -0.15) is 21.6 Å². The fourth-order valence-electron chi connectivity index (χ4n) is 3.86. The third-order valence-corrected chi connectivity index (χ3v) is 6.97. The predicted molar refractivity (Wildman–Crippen MR) is 124 cm³/mol. The molecule has 0 heterocycles. The molecule has 3 rings (SSSR count). The van der Waals surface area contributed by atoms with Gasteiger partial charge in [-0.25, -0.2) is 0 Å². The van der Waals surface area contributed by atoms with E-state index in [9.17, 15) is 21.6 Å². The standard InChI is InChI=1S/C23H26ClF3N2O3S/c1-2-21(20-14-19(24)12-13-22(20)29-33(30,31)23(25,26)27)28-32-15-16-8-10-18(11-9-16)17-6-4-3-5-7-17/h8-14,17,29H,2-7,15H2,1H3. The Morgan fingerprint density at radius 1 is 1.12 bits per heavy atom. The molecule has 0 spiro atoms. The van der Waals surface area contributed by atoms with Crippen LogP contribution in [0.5, 0.6) is 0 Å². The molecule has 0 atom stereocenters. The molecule has 1 saturated carbocycles. The molecule has 0 aromatic heterocycles. The summed E-state index contributed by atoms with van der Waals surface area (Å²) in [6, 6.07) is 12.0. The Hall–Kier alpha value is -2.26. The molecule has 0 saturated heterocycles. The van der Waals surface area contributed by atoms with E-state index < -0.39 is 15.5 Å². The lowest BCUT2D eigenvalue weighted by Crippen LogP contribution is -2.30. The van der Waals surface area contributed by atoms with Gasteiger partial charge in [0.25, 0.3) is 0 Å². The van der Waals surface area contributed by atoms with Crippen molar-refractivity contribution in [3.8, 4) is 0 Å².